The van der Waals surface area contributed by atoms with Gasteiger partial charge in [0.2, 0.25) is 15.9 Å². The Balaban J connectivity index is 1.44. The highest BCUT2D eigenvalue weighted by Gasteiger charge is 2.34. The number of amides is 1. The molecule has 34 heavy (non-hydrogen) atoms. The number of aryl methyl sites for hydroxylation is 2. The number of benzene rings is 2. The van der Waals surface area contributed by atoms with Crippen LogP contribution in [0.15, 0.2) is 44.5 Å². The van der Waals surface area contributed by atoms with Gasteiger partial charge in [0.25, 0.3) is 0 Å². The van der Waals surface area contributed by atoms with Crippen LogP contribution < -0.4 is 11.1 Å². The van der Waals surface area contributed by atoms with Crippen molar-refractivity contribution in [2.24, 2.45) is 5.92 Å². The lowest BCUT2D eigenvalue weighted by atomic mass is 9.97. The number of hydrogen-bond acceptors (Lipinski definition) is 6. The van der Waals surface area contributed by atoms with Crippen molar-refractivity contribution >= 4 is 21.6 Å². The lowest BCUT2D eigenvalue weighted by Gasteiger charge is -2.31. The summed E-state index contributed by atoms with van der Waals surface area (Å²) >= 11 is 0. The first-order valence-electron chi connectivity index (χ1n) is 11.1. The largest absolute Gasteiger partial charge is 0.439 e. The predicted octanol–water partition coefficient (Wildman–Crippen LogP) is 3.30. The Morgan fingerprint density at radius 3 is 2.32 bits per heavy atom. The molecule has 0 aliphatic carbocycles. The van der Waals surface area contributed by atoms with Crippen molar-refractivity contribution in [1.82, 2.24) is 14.4 Å². The first-order valence-corrected chi connectivity index (χ1v) is 12.6. The third kappa shape index (κ3) is 4.55. The lowest BCUT2D eigenvalue weighted by molar-refractivity contribution is -0.120. The van der Waals surface area contributed by atoms with Crippen molar-refractivity contribution in [3.63, 3.8) is 0 Å². The summed E-state index contributed by atoms with van der Waals surface area (Å²) in [6.07, 6.45) is 0.870. The van der Waals surface area contributed by atoms with Crippen molar-refractivity contribution in [2.45, 2.75) is 45.4 Å². The number of aromatic nitrogens is 2. The third-order valence-electron chi connectivity index (χ3n) is 6.56. The second-order valence-electron chi connectivity index (χ2n) is 8.78. The quantitative estimate of drug-likeness (QED) is 0.572. The summed E-state index contributed by atoms with van der Waals surface area (Å²) in [4.78, 5) is 26.9. The van der Waals surface area contributed by atoms with Gasteiger partial charge >= 0.3 is 5.76 Å². The standard InChI is InChI=1S/C24H28N4O5S/c1-14-12-15(2)17(4)21(16(14)3)34(31,32)28-10-8-18(9-11-28)23(29)25-20-7-5-6-19(13-20)22-26-24(30)33-27-22/h5-7,12-13,18H,8-11H2,1-4H3,(H,25,29)(H,26,27,30). The molecule has 0 radical (unpaired) electrons. The molecule has 1 aromatic heterocycles. The molecule has 4 rings (SSSR count). The molecule has 180 valence electrons. The van der Waals surface area contributed by atoms with Crippen LogP contribution in [0.2, 0.25) is 0 Å². The number of piperidine rings is 1. The predicted molar refractivity (Wildman–Crippen MR) is 128 cm³/mol. The summed E-state index contributed by atoms with van der Waals surface area (Å²) < 4.78 is 32.9. The first-order chi connectivity index (χ1) is 16.1. The molecule has 1 fully saturated rings. The van der Waals surface area contributed by atoms with E-state index in [0.717, 1.165) is 22.3 Å². The van der Waals surface area contributed by atoms with E-state index < -0.39 is 15.8 Å². The number of carbonyl (C=O) groups excluding carboxylic acids is 1. The van der Waals surface area contributed by atoms with Gasteiger partial charge in [-0.25, -0.2) is 13.2 Å². The van der Waals surface area contributed by atoms with Gasteiger partial charge in [0, 0.05) is 30.3 Å². The Hall–Kier alpha value is -3.24. The molecular weight excluding hydrogens is 456 g/mol. The third-order valence-corrected chi connectivity index (χ3v) is 8.74. The van der Waals surface area contributed by atoms with Crippen LogP contribution in [0.25, 0.3) is 11.4 Å². The highest BCUT2D eigenvalue weighted by Crippen LogP contribution is 2.31. The molecule has 0 bridgehead atoms. The van der Waals surface area contributed by atoms with Gasteiger partial charge < -0.3 is 5.32 Å². The molecular formula is C24H28N4O5S. The zero-order chi connectivity index (χ0) is 24.6. The smallest absolute Gasteiger partial charge is 0.326 e. The summed E-state index contributed by atoms with van der Waals surface area (Å²) in [5, 5.41) is 6.55. The fraction of sp³-hybridized carbons (Fsp3) is 0.375. The average Bonchev–Trinajstić information content (AvgIpc) is 3.24. The number of nitrogens with zero attached hydrogens (tertiary/aromatic N) is 2. The molecule has 1 saturated heterocycles. The maximum absolute atomic E-state index is 13.5. The first kappa shape index (κ1) is 23.9. The number of H-pyrrole nitrogens is 1. The number of nitrogens with one attached hydrogen (secondary N) is 2. The van der Waals surface area contributed by atoms with Gasteiger partial charge in [-0.15, -0.1) is 0 Å². The van der Waals surface area contributed by atoms with Crippen LogP contribution >= 0.6 is 0 Å². The van der Waals surface area contributed by atoms with Crippen molar-refractivity contribution in [3.05, 3.63) is 63.1 Å². The molecule has 3 aromatic rings. The van der Waals surface area contributed by atoms with Crippen LogP contribution in [-0.4, -0.2) is 41.9 Å². The number of anilines is 1. The molecule has 1 aliphatic heterocycles. The second kappa shape index (κ2) is 9.19. The van der Waals surface area contributed by atoms with E-state index in [0.29, 0.717) is 29.0 Å². The summed E-state index contributed by atoms with van der Waals surface area (Å²) in [6.45, 7) is 8.10. The summed E-state index contributed by atoms with van der Waals surface area (Å²) in [5.74, 6) is -0.848. The summed E-state index contributed by atoms with van der Waals surface area (Å²) in [7, 11) is -3.65. The fourth-order valence-electron chi connectivity index (χ4n) is 4.40. The summed E-state index contributed by atoms with van der Waals surface area (Å²) in [6, 6.07) is 8.92. The van der Waals surface area contributed by atoms with Crippen molar-refractivity contribution in [2.75, 3.05) is 18.4 Å². The molecule has 2 N–H and O–H groups in total. The van der Waals surface area contributed by atoms with Crippen LogP contribution in [0.1, 0.15) is 35.1 Å². The van der Waals surface area contributed by atoms with Crippen LogP contribution in [0.4, 0.5) is 5.69 Å². The molecule has 2 aromatic carbocycles. The van der Waals surface area contributed by atoms with E-state index in [1.165, 1.54) is 4.31 Å². The Labute approximate surface area is 198 Å². The Morgan fingerprint density at radius 1 is 1.09 bits per heavy atom. The molecule has 1 aliphatic rings. The lowest BCUT2D eigenvalue weighted by Crippen LogP contribution is -2.41. The van der Waals surface area contributed by atoms with Gasteiger partial charge in [-0.1, -0.05) is 23.4 Å². The summed E-state index contributed by atoms with van der Waals surface area (Å²) in [5.41, 5.74) is 4.61. The second-order valence-corrected chi connectivity index (χ2v) is 10.7. The SMILES string of the molecule is Cc1cc(C)c(C)c(S(=O)(=O)N2CCC(C(=O)Nc3cccc(-c4noc(=O)[nH]4)c3)CC2)c1C. The topological polar surface area (TPSA) is 125 Å². The Morgan fingerprint density at radius 2 is 1.74 bits per heavy atom. The average molecular weight is 485 g/mol. The zero-order valence-electron chi connectivity index (χ0n) is 19.6. The Bertz CT molecular complexity index is 1370. The van der Waals surface area contributed by atoms with E-state index in [4.69, 9.17) is 0 Å². The van der Waals surface area contributed by atoms with E-state index in [1.807, 2.05) is 33.8 Å². The highest BCUT2D eigenvalue weighted by atomic mass is 32.2. The molecule has 0 saturated carbocycles. The molecule has 1 amide bonds. The van der Waals surface area contributed by atoms with E-state index >= 15 is 0 Å². The molecule has 9 nitrogen and oxygen atoms in total. The molecule has 0 unspecified atom stereocenters. The minimum atomic E-state index is -3.65. The number of sulfonamides is 1. The normalized spacial score (nSPS) is 15.4. The van der Waals surface area contributed by atoms with Crippen molar-refractivity contribution in [1.29, 1.82) is 0 Å². The molecule has 2 heterocycles. The number of hydrogen-bond donors (Lipinski definition) is 2. The number of rotatable bonds is 5. The Kier molecular flexibility index (Phi) is 6.46. The molecule has 0 spiro atoms. The maximum Gasteiger partial charge on any atom is 0.439 e. The number of aromatic amines is 1. The van der Waals surface area contributed by atoms with Crippen LogP contribution in [0, 0.1) is 33.6 Å². The van der Waals surface area contributed by atoms with Gasteiger partial charge in [-0.2, -0.15) is 4.31 Å². The highest BCUT2D eigenvalue weighted by molar-refractivity contribution is 7.89. The fourth-order valence-corrected chi connectivity index (χ4v) is 6.44. The zero-order valence-corrected chi connectivity index (χ0v) is 20.5. The van der Waals surface area contributed by atoms with Crippen LogP contribution in [-0.2, 0) is 14.8 Å². The molecule has 10 heteroatoms. The van der Waals surface area contributed by atoms with Crippen molar-refractivity contribution < 1.29 is 17.7 Å². The monoisotopic (exact) mass is 484 g/mol. The van der Waals surface area contributed by atoms with E-state index in [9.17, 15) is 18.0 Å². The van der Waals surface area contributed by atoms with Crippen molar-refractivity contribution in [3.8, 4) is 11.4 Å². The van der Waals surface area contributed by atoms with Gasteiger partial charge in [-0.3, -0.25) is 14.3 Å². The molecule has 0 atom stereocenters. The maximum atomic E-state index is 13.5. The van der Waals surface area contributed by atoms with Gasteiger partial charge in [0.05, 0.1) is 4.90 Å². The minimum Gasteiger partial charge on any atom is -0.326 e. The van der Waals surface area contributed by atoms with E-state index in [2.05, 4.69) is 20.0 Å². The number of carbonyl (C=O) groups is 1. The van der Waals surface area contributed by atoms with Gasteiger partial charge in [-0.05, 0) is 74.9 Å². The van der Waals surface area contributed by atoms with Crippen LogP contribution in [0.5, 0.6) is 0 Å². The van der Waals surface area contributed by atoms with Gasteiger partial charge in [0.15, 0.2) is 5.82 Å². The van der Waals surface area contributed by atoms with E-state index in [-0.39, 0.29) is 30.7 Å². The minimum absolute atomic E-state index is 0.165. The van der Waals surface area contributed by atoms with Gasteiger partial charge in [0.1, 0.15) is 0 Å². The van der Waals surface area contributed by atoms with E-state index in [1.54, 1.807) is 24.3 Å². The van der Waals surface area contributed by atoms with Crippen LogP contribution in [0.3, 0.4) is 0 Å².